The van der Waals surface area contributed by atoms with E-state index in [9.17, 15) is 4.79 Å². The minimum absolute atomic E-state index is 0.0582. The number of ether oxygens (including phenoxy) is 1. The Balaban J connectivity index is 1.65. The van der Waals surface area contributed by atoms with E-state index in [2.05, 4.69) is 20.9 Å². The highest BCUT2D eigenvalue weighted by molar-refractivity contribution is 6.31. The van der Waals surface area contributed by atoms with Crippen molar-refractivity contribution in [1.82, 2.24) is 10.6 Å². The number of rotatable bonds is 11. The van der Waals surface area contributed by atoms with E-state index in [1.165, 1.54) is 12.8 Å². The largest absolute Gasteiger partial charge is 0.381 e. The lowest BCUT2D eigenvalue weighted by atomic mass is 10.2. The molecule has 0 aromatic heterocycles. The predicted molar refractivity (Wildman–Crippen MR) is 112 cm³/mol. The zero-order valence-electron chi connectivity index (χ0n) is 16.3. The van der Waals surface area contributed by atoms with E-state index in [1.807, 2.05) is 32.0 Å². The van der Waals surface area contributed by atoms with Crippen LogP contribution in [0.5, 0.6) is 0 Å². The number of amides is 1. The Morgan fingerprint density at radius 2 is 2.15 bits per heavy atom. The van der Waals surface area contributed by atoms with Crippen molar-refractivity contribution < 1.29 is 9.53 Å². The van der Waals surface area contributed by atoms with Crippen molar-refractivity contribution in [3.63, 3.8) is 0 Å². The third-order valence-corrected chi connectivity index (χ3v) is 4.71. The van der Waals surface area contributed by atoms with Gasteiger partial charge in [0.05, 0.1) is 0 Å². The van der Waals surface area contributed by atoms with E-state index in [-0.39, 0.29) is 5.91 Å². The fraction of sp³-hybridized carbons (Fsp3) is 0.600. The molecule has 1 aromatic carbocycles. The Bertz CT molecular complexity index is 632. The van der Waals surface area contributed by atoms with Crippen LogP contribution in [0.4, 0.5) is 5.69 Å². The molecule has 1 aromatic rings. The topological polar surface area (TPSA) is 74.8 Å². The first-order chi connectivity index (χ1) is 13.1. The van der Waals surface area contributed by atoms with Gasteiger partial charge in [-0.05, 0) is 56.7 Å². The first kappa shape index (κ1) is 21.5. The molecule has 1 amide bonds. The van der Waals surface area contributed by atoms with Crippen LogP contribution in [-0.2, 0) is 9.53 Å². The highest BCUT2D eigenvalue weighted by Crippen LogP contribution is 2.28. The molecular weight excluding hydrogens is 364 g/mol. The summed E-state index contributed by atoms with van der Waals surface area (Å²) in [5.74, 6) is 1.47. The average Bonchev–Trinajstić information content (AvgIpc) is 3.46. The lowest BCUT2D eigenvalue weighted by Crippen LogP contribution is -2.38. The van der Waals surface area contributed by atoms with Crippen molar-refractivity contribution in [2.45, 2.75) is 39.5 Å². The Morgan fingerprint density at radius 1 is 1.33 bits per heavy atom. The summed E-state index contributed by atoms with van der Waals surface area (Å²) in [5.41, 5.74) is 1.62. The van der Waals surface area contributed by atoms with Crippen LogP contribution in [0.25, 0.3) is 0 Å². The van der Waals surface area contributed by atoms with Gasteiger partial charge < -0.3 is 20.7 Å². The maximum Gasteiger partial charge on any atom is 0.226 e. The van der Waals surface area contributed by atoms with Crippen molar-refractivity contribution in [3.8, 4) is 0 Å². The minimum Gasteiger partial charge on any atom is -0.381 e. The van der Waals surface area contributed by atoms with Crippen LogP contribution in [0.3, 0.4) is 0 Å². The van der Waals surface area contributed by atoms with Gasteiger partial charge in [-0.25, -0.2) is 0 Å². The van der Waals surface area contributed by atoms with Crippen LogP contribution < -0.4 is 16.0 Å². The smallest absolute Gasteiger partial charge is 0.226 e. The molecule has 1 fully saturated rings. The number of aliphatic imine (C=N–C) groups is 1. The van der Waals surface area contributed by atoms with Crippen LogP contribution in [0.1, 0.15) is 38.2 Å². The normalized spacial score (nSPS) is 14.1. The first-order valence-electron chi connectivity index (χ1n) is 9.75. The predicted octanol–water partition coefficient (Wildman–Crippen LogP) is 3.35. The summed E-state index contributed by atoms with van der Waals surface area (Å²) < 4.78 is 5.61. The molecule has 150 valence electrons. The van der Waals surface area contributed by atoms with Gasteiger partial charge in [0, 0.05) is 50.0 Å². The average molecular weight is 395 g/mol. The summed E-state index contributed by atoms with van der Waals surface area (Å²) in [7, 11) is 0. The van der Waals surface area contributed by atoms with E-state index in [4.69, 9.17) is 16.3 Å². The number of guanidine groups is 1. The van der Waals surface area contributed by atoms with Crippen molar-refractivity contribution in [1.29, 1.82) is 0 Å². The van der Waals surface area contributed by atoms with Gasteiger partial charge in [0.15, 0.2) is 5.96 Å². The Labute approximate surface area is 167 Å². The highest BCUT2D eigenvalue weighted by Gasteiger charge is 2.20. The molecule has 1 aliphatic rings. The second kappa shape index (κ2) is 11.8. The van der Waals surface area contributed by atoms with E-state index in [0.717, 1.165) is 49.3 Å². The molecule has 0 atom stereocenters. The zero-order valence-corrected chi connectivity index (χ0v) is 17.1. The lowest BCUT2D eigenvalue weighted by molar-refractivity contribution is -0.116. The first-order valence-corrected chi connectivity index (χ1v) is 10.1. The molecule has 3 N–H and O–H groups in total. The van der Waals surface area contributed by atoms with Crippen molar-refractivity contribution in [2.75, 3.05) is 38.2 Å². The zero-order chi connectivity index (χ0) is 19.5. The number of nitrogens with zero attached hydrogens (tertiary/aromatic N) is 1. The molecule has 0 heterocycles. The Hall–Kier alpha value is -1.79. The molecule has 7 heteroatoms. The summed E-state index contributed by atoms with van der Waals surface area (Å²) in [5, 5.41) is 9.93. The van der Waals surface area contributed by atoms with Gasteiger partial charge >= 0.3 is 0 Å². The van der Waals surface area contributed by atoms with Gasteiger partial charge in [0.1, 0.15) is 0 Å². The summed E-state index contributed by atoms with van der Waals surface area (Å²) in [6.07, 6.45) is 3.88. The Kier molecular flexibility index (Phi) is 9.42. The van der Waals surface area contributed by atoms with Gasteiger partial charge in [-0.15, -0.1) is 0 Å². The van der Waals surface area contributed by atoms with Crippen molar-refractivity contribution >= 4 is 29.2 Å². The molecule has 1 aliphatic carbocycles. The molecule has 0 saturated heterocycles. The highest BCUT2D eigenvalue weighted by atomic mass is 35.5. The maximum atomic E-state index is 12.1. The van der Waals surface area contributed by atoms with Gasteiger partial charge in [-0.2, -0.15) is 0 Å². The van der Waals surface area contributed by atoms with E-state index in [1.54, 1.807) is 0 Å². The molecular formula is C20H31ClN4O2. The molecule has 0 unspecified atom stereocenters. The molecule has 0 spiro atoms. The van der Waals surface area contributed by atoms with Crippen LogP contribution in [-0.4, -0.2) is 44.7 Å². The monoisotopic (exact) mass is 394 g/mol. The fourth-order valence-corrected chi connectivity index (χ4v) is 2.66. The van der Waals surface area contributed by atoms with Crippen LogP contribution in [0.15, 0.2) is 23.2 Å². The lowest BCUT2D eigenvalue weighted by Gasteiger charge is -2.12. The summed E-state index contributed by atoms with van der Waals surface area (Å²) in [4.78, 5) is 16.7. The fourth-order valence-electron chi connectivity index (χ4n) is 2.48. The number of hydrogen-bond acceptors (Lipinski definition) is 3. The summed E-state index contributed by atoms with van der Waals surface area (Å²) in [6.45, 7) is 7.54. The van der Waals surface area contributed by atoms with E-state index >= 15 is 0 Å². The van der Waals surface area contributed by atoms with Gasteiger partial charge in [-0.1, -0.05) is 17.7 Å². The second-order valence-corrected chi connectivity index (χ2v) is 7.18. The molecule has 0 bridgehead atoms. The molecule has 0 aliphatic heterocycles. The van der Waals surface area contributed by atoms with Crippen molar-refractivity contribution in [2.24, 2.45) is 10.9 Å². The van der Waals surface area contributed by atoms with Crippen molar-refractivity contribution in [3.05, 3.63) is 28.8 Å². The number of benzene rings is 1. The van der Waals surface area contributed by atoms with Gasteiger partial charge in [0.2, 0.25) is 5.91 Å². The standard InChI is InChI=1S/C20H31ClN4O2/c1-3-22-20(23-11-5-13-27-14-16-8-9-16)24-12-10-19(26)25-18-7-4-6-17(21)15(18)2/h4,6-7,16H,3,5,8-14H2,1-2H3,(H,25,26)(H2,22,23,24). The van der Waals surface area contributed by atoms with Gasteiger partial charge in [-0.3, -0.25) is 9.79 Å². The van der Waals surface area contributed by atoms with Crippen LogP contribution in [0, 0.1) is 12.8 Å². The molecule has 27 heavy (non-hydrogen) atoms. The Morgan fingerprint density at radius 3 is 2.89 bits per heavy atom. The van der Waals surface area contributed by atoms with Gasteiger partial charge in [0.25, 0.3) is 0 Å². The number of nitrogens with one attached hydrogen (secondary N) is 3. The quantitative estimate of drug-likeness (QED) is 0.305. The number of hydrogen-bond donors (Lipinski definition) is 3. The molecule has 1 saturated carbocycles. The third-order valence-electron chi connectivity index (χ3n) is 4.30. The molecule has 2 rings (SSSR count). The second-order valence-electron chi connectivity index (χ2n) is 6.77. The third kappa shape index (κ3) is 8.63. The number of carbonyl (C=O) groups is 1. The van der Waals surface area contributed by atoms with E-state index < -0.39 is 0 Å². The SMILES string of the molecule is CCNC(=NCCCOCC1CC1)NCCC(=O)Nc1cccc(Cl)c1C. The minimum atomic E-state index is -0.0582. The van der Waals surface area contributed by atoms with E-state index in [0.29, 0.717) is 24.5 Å². The molecule has 0 radical (unpaired) electrons. The maximum absolute atomic E-state index is 12.1. The van der Waals surface area contributed by atoms with Crippen LogP contribution >= 0.6 is 11.6 Å². The summed E-state index contributed by atoms with van der Waals surface area (Å²) >= 11 is 6.08. The number of carbonyl (C=O) groups excluding carboxylic acids is 1. The number of halogens is 1. The molecule has 6 nitrogen and oxygen atoms in total. The van der Waals surface area contributed by atoms with Crippen LogP contribution in [0.2, 0.25) is 5.02 Å². The summed E-state index contributed by atoms with van der Waals surface area (Å²) in [6, 6.07) is 5.49. The number of anilines is 1.